The SMILES string of the molecule is CC(C)C1SC(=N[C@@H]2C3CC45C[C@@H]2CC4C[C@@]5(F)C3)NC1=O. The number of nitrogens with one attached hydrogen (secondary N) is 1. The molecule has 120 valence electrons. The maximum atomic E-state index is 15.1. The normalized spacial score (nSPS) is 56.6. The van der Waals surface area contributed by atoms with Crippen LogP contribution in [0.4, 0.5) is 4.39 Å². The minimum Gasteiger partial charge on any atom is -0.304 e. The molecule has 0 aromatic carbocycles. The second-order valence-electron chi connectivity index (χ2n) is 8.59. The first-order chi connectivity index (χ1) is 10.4. The third-order valence-corrected chi connectivity index (χ3v) is 8.68. The zero-order valence-electron chi connectivity index (χ0n) is 13.1. The Kier molecular flexibility index (Phi) is 2.57. The van der Waals surface area contributed by atoms with Gasteiger partial charge in [-0.15, -0.1) is 0 Å². The predicted octanol–water partition coefficient (Wildman–Crippen LogP) is 3.15. The van der Waals surface area contributed by atoms with Crippen molar-refractivity contribution >= 4 is 22.8 Å². The van der Waals surface area contributed by atoms with Gasteiger partial charge in [0.15, 0.2) is 5.17 Å². The fourth-order valence-corrected chi connectivity index (χ4v) is 7.41. The van der Waals surface area contributed by atoms with Crippen LogP contribution >= 0.6 is 11.8 Å². The van der Waals surface area contributed by atoms with Crippen molar-refractivity contribution < 1.29 is 9.18 Å². The Hall–Kier alpha value is -0.580. The Balaban J connectivity index is 1.42. The molecule has 1 saturated heterocycles. The molecule has 22 heavy (non-hydrogen) atoms. The number of rotatable bonds is 2. The fourth-order valence-electron chi connectivity index (χ4n) is 6.39. The van der Waals surface area contributed by atoms with Crippen LogP contribution < -0.4 is 5.32 Å². The van der Waals surface area contributed by atoms with Gasteiger partial charge in [0.05, 0.1) is 11.3 Å². The van der Waals surface area contributed by atoms with Crippen molar-refractivity contribution in [1.82, 2.24) is 5.32 Å². The van der Waals surface area contributed by atoms with Crippen LogP contribution in [0.15, 0.2) is 4.99 Å². The molecule has 5 fully saturated rings. The molecule has 1 spiro atoms. The van der Waals surface area contributed by atoms with Crippen molar-refractivity contribution in [2.75, 3.05) is 0 Å². The highest BCUT2D eigenvalue weighted by molar-refractivity contribution is 8.15. The fraction of sp³-hybridized carbons (Fsp3) is 0.882. The number of fused-ring (bicyclic) bond motifs is 2. The highest BCUT2D eigenvalue weighted by Gasteiger charge is 2.77. The zero-order chi connectivity index (χ0) is 15.3. The Morgan fingerprint density at radius 2 is 2.05 bits per heavy atom. The number of carbonyl (C=O) groups excluding carboxylic acids is 1. The molecule has 3 nitrogen and oxygen atoms in total. The summed E-state index contributed by atoms with van der Waals surface area (Å²) in [4.78, 5) is 17.0. The monoisotopic (exact) mass is 322 g/mol. The molecule has 0 radical (unpaired) electrons. The van der Waals surface area contributed by atoms with Crippen molar-refractivity contribution in [3.63, 3.8) is 0 Å². The average Bonchev–Trinajstić information content (AvgIpc) is 2.98. The van der Waals surface area contributed by atoms with Gasteiger partial charge in [-0.05, 0) is 55.8 Å². The molecule has 7 atom stereocenters. The molecule has 5 rings (SSSR count). The second kappa shape index (κ2) is 4.08. The largest absolute Gasteiger partial charge is 0.304 e. The second-order valence-corrected chi connectivity index (χ2v) is 9.72. The van der Waals surface area contributed by atoms with Crippen LogP contribution in [0, 0.1) is 29.1 Å². The molecule has 0 aromatic heterocycles. The zero-order valence-corrected chi connectivity index (χ0v) is 14.0. The van der Waals surface area contributed by atoms with E-state index in [1.807, 2.05) is 0 Å². The van der Waals surface area contributed by atoms with E-state index in [0.29, 0.717) is 30.1 Å². The van der Waals surface area contributed by atoms with Crippen molar-refractivity contribution in [3.05, 3.63) is 0 Å². The van der Waals surface area contributed by atoms with E-state index >= 15 is 4.39 Å². The van der Waals surface area contributed by atoms with Crippen molar-refractivity contribution in [1.29, 1.82) is 0 Å². The summed E-state index contributed by atoms with van der Waals surface area (Å²) in [6.45, 7) is 4.15. The first-order valence-electron chi connectivity index (χ1n) is 8.66. The number of amides is 1. The number of carbonyl (C=O) groups is 1. The van der Waals surface area contributed by atoms with Gasteiger partial charge >= 0.3 is 0 Å². The number of thioether (sulfide) groups is 1. The quantitative estimate of drug-likeness (QED) is 0.848. The van der Waals surface area contributed by atoms with Gasteiger partial charge in [-0.25, -0.2) is 4.39 Å². The molecule has 4 unspecified atom stereocenters. The van der Waals surface area contributed by atoms with E-state index in [-0.39, 0.29) is 22.6 Å². The summed E-state index contributed by atoms with van der Waals surface area (Å²) in [7, 11) is 0. The van der Waals surface area contributed by atoms with E-state index in [9.17, 15) is 4.79 Å². The van der Waals surface area contributed by atoms with Crippen LogP contribution in [-0.4, -0.2) is 28.0 Å². The van der Waals surface area contributed by atoms with Gasteiger partial charge < -0.3 is 5.32 Å². The Bertz CT molecular complexity index is 589. The summed E-state index contributed by atoms with van der Waals surface area (Å²) in [5.74, 6) is 1.97. The van der Waals surface area contributed by atoms with E-state index in [2.05, 4.69) is 19.2 Å². The van der Waals surface area contributed by atoms with E-state index in [0.717, 1.165) is 30.9 Å². The molecule has 1 N–H and O–H groups in total. The van der Waals surface area contributed by atoms with E-state index < -0.39 is 5.67 Å². The van der Waals surface area contributed by atoms with Crippen LogP contribution in [0.25, 0.3) is 0 Å². The third-order valence-electron chi connectivity index (χ3n) is 7.23. The van der Waals surface area contributed by atoms with Gasteiger partial charge in [0.25, 0.3) is 0 Å². The third kappa shape index (κ3) is 1.49. The molecule has 5 heteroatoms. The number of alkyl halides is 1. The van der Waals surface area contributed by atoms with Crippen LogP contribution in [0.1, 0.15) is 46.0 Å². The van der Waals surface area contributed by atoms with Crippen molar-refractivity contribution in [2.24, 2.45) is 34.1 Å². The summed E-state index contributed by atoms with van der Waals surface area (Å²) in [6.07, 6.45) is 4.77. The minimum absolute atomic E-state index is 0.0190. The van der Waals surface area contributed by atoms with Gasteiger partial charge in [0.2, 0.25) is 5.91 Å². The summed E-state index contributed by atoms with van der Waals surface area (Å²) in [6, 6.07) is 0.241. The van der Waals surface area contributed by atoms with E-state index in [1.54, 1.807) is 11.8 Å². The van der Waals surface area contributed by atoms with Gasteiger partial charge in [0, 0.05) is 5.41 Å². The molecule has 1 amide bonds. The van der Waals surface area contributed by atoms with Gasteiger partial charge in [-0.1, -0.05) is 25.6 Å². The Labute approximate surface area is 134 Å². The lowest BCUT2D eigenvalue weighted by molar-refractivity contribution is -0.120. The number of nitrogens with zero attached hydrogens (tertiary/aromatic N) is 1. The van der Waals surface area contributed by atoms with Gasteiger partial charge in [-0.2, -0.15) is 0 Å². The highest BCUT2D eigenvalue weighted by Crippen LogP contribution is 2.78. The number of amidine groups is 1. The minimum atomic E-state index is -0.876. The molecule has 4 aliphatic carbocycles. The summed E-state index contributed by atoms with van der Waals surface area (Å²) >= 11 is 1.58. The topological polar surface area (TPSA) is 41.5 Å². The molecule has 1 heterocycles. The molecular formula is C17H23FN2OS. The average molecular weight is 322 g/mol. The van der Waals surface area contributed by atoms with Crippen LogP contribution in [-0.2, 0) is 4.79 Å². The first kappa shape index (κ1) is 13.8. The molecule has 3 bridgehead atoms. The van der Waals surface area contributed by atoms with Crippen LogP contribution in [0.2, 0.25) is 0 Å². The van der Waals surface area contributed by atoms with E-state index in [4.69, 9.17) is 4.99 Å². The summed E-state index contributed by atoms with van der Waals surface area (Å²) < 4.78 is 15.1. The number of hydrogen-bond donors (Lipinski definition) is 1. The smallest absolute Gasteiger partial charge is 0.239 e. The first-order valence-corrected chi connectivity index (χ1v) is 9.54. The van der Waals surface area contributed by atoms with Crippen molar-refractivity contribution in [3.8, 4) is 0 Å². The number of halogens is 1. The number of hydrogen-bond acceptors (Lipinski definition) is 3. The van der Waals surface area contributed by atoms with Gasteiger partial charge in [-0.3, -0.25) is 9.79 Å². The summed E-state index contributed by atoms with van der Waals surface area (Å²) in [5.41, 5.74) is -0.843. The van der Waals surface area contributed by atoms with Crippen LogP contribution in [0.3, 0.4) is 0 Å². The predicted molar refractivity (Wildman–Crippen MR) is 85.4 cm³/mol. The van der Waals surface area contributed by atoms with Crippen molar-refractivity contribution in [2.45, 2.75) is 62.9 Å². The lowest BCUT2D eigenvalue weighted by Gasteiger charge is -2.53. The van der Waals surface area contributed by atoms with Crippen LogP contribution in [0.5, 0.6) is 0 Å². The maximum Gasteiger partial charge on any atom is 0.239 e. The van der Waals surface area contributed by atoms with E-state index in [1.165, 1.54) is 0 Å². The molecular weight excluding hydrogens is 299 g/mol. The Morgan fingerprint density at radius 3 is 2.77 bits per heavy atom. The lowest BCUT2D eigenvalue weighted by atomic mass is 9.54. The highest BCUT2D eigenvalue weighted by atomic mass is 32.2. The molecule has 0 aromatic rings. The Morgan fingerprint density at radius 1 is 1.27 bits per heavy atom. The lowest BCUT2D eigenvalue weighted by Crippen LogP contribution is -2.54. The van der Waals surface area contributed by atoms with Gasteiger partial charge in [0.1, 0.15) is 5.67 Å². The molecule has 1 aliphatic heterocycles. The number of aliphatic imine (C=N–C) groups is 1. The summed E-state index contributed by atoms with van der Waals surface area (Å²) in [5, 5.41) is 3.73. The molecule has 5 aliphatic rings. The standard InChI is InChI=1S/C17H23FN2OS/c1-8(2)13-14(21)20-15(22-13)19-12-9-3-11-7-17(18)6-10(12)5-16(11,17)4-9/h8-13H,3-7H2,1-2H3,(H,19,20,21)/t9-,10?,11?,12-,13?,16?,17-/m0/s1. The molecule has 4 saturated carbocycles. The maximum absolute atomic E-state index is 15.1.